The molecule has 0 aliphatic carbocycles. The van der Waals surface area contributed by atoms with Crippen molar-refractivity contribution in [1.29, 1.82) is 0 Å². The molecule has 0 saturated carbocycles. The second-order valence-corrected chi connectivity index (χ2v) is 8.16. The van der Waals surface area contributed by atoms with Crippen LogP contribution in [0.3, 0.4) is 0 Å². The normalized spacial score (nSPS) is 15.3. The first-order valence-electron chi connectivity index (χ1n) is 10.4. The van der Waals surface area contributed by atoms with Gasteiger partial charge < -0.3 is 15.0 Å². The third kappa shape index (κ3) is 4.58. The number of hydrogen-bond donors (Lipinski definition) is 1. The van der Waals surface area contributed by atoms with Crippen LogP contribution in [0.25, 0.3) is 22.2 Å². The molecular formula is C24H26ClN3O2. The molecule has 5 nitrogen and oxygen atoms in total. The number of pyridine rings is 1. The fourth-order valence-corrected chi connectivity index (χ4v) is 4.01. The van der Waals surface area contributed by atoms with Crippen molar-refractivity contribution in [3.63, 3.8) is 0 Å². The van der Waals surface area contributed by atoms with Gasteiger partial charge in [-0.1, -0.05) is 11.6 Å². The largest absolute Gasteiger partial charge is 0.494 e. The molecular weight excluding hydrogens is 398 g/mol. The number of amides is 1. The van der Waals surface area contributed by atoms with Crippen LogP contribution in [0.5, 0.6) is 5.75 Å². The van der Waals surface area contributed by atoms with Crippen LogP contribution in [0.2, 0.25) is 5.02 Å². The van der Waals surface area contributed by atoms with E-state index in [0.717, 1.165) is 53.8 Å². The Labute approximate surface area is 182 Å². The van der Waals surface area contributed by atoms with E-state index in [0.29, 0.717) is 17.2 Å². The van der Waals surface area contributed by atoms with Gasteiger partial charge >= 0.3 is 0 Å². The summed E-state index contributed by atoms with van der Waals surface area (Å²) in [5, 5.41) is 4.57. The number of benzene rings is 2. The zero-order valence-electron chi connectivity index (χ0n) is 17.3. The van der Waals surface area contributed by atoms with Gasteiger partial charge in [0.15, 0.2) is 0 Å². The van der Waals surface area contributed by atoms with Gasteiger partial charge in [0, 0.05) is 22.0 Å². The topological polar surface area (TPSA) is 54.5 Å². The Balaban J connectivity index is 1.69. The molecule has 0 atom stereocenters. The van der Waals surface area contributed by atoms with Crippen LogP contribution in [-0.4, -0.2) is 48.6 Å². The number of likely N-dealkylation sites (tertiary alicyclic amines) is 1. The molecule has 4 rings (SSSR count). The van der Waals surface area contributed by atoms with Crippen molar-refractivity contribution in [2.45, 2.75) is 25.8 Å². The van der Waals surface area contributed by atoms with Gasteiger partial charge in [-0.15, -0.1) is 0 Å². The first-order valence-corrected chi connectivity index (χ1v) is 10.7. The minimum atomic E-state index is -0.0774. The van der Waals surface area contributed by atoms with Gasteiger partial charge in [0.05, 0.1) is 23.4 Å². The molecule has 1 aliphatic heterocycles. The lowest BCUT2D eigenvalue weighted by Gasteiger charge is -2.29. The second-order valence-electron chi connectivity index (χ2n) is 7.72. The van der Waals surface area contributed by atoms with Crippen LogP contribution < -0.4 is 10.1 Å². The summed E-state index contributed by atoms with van der Waals surface area (Å²) in [6.07, 6.45) is 1.91. The highest BCUT2D eigenvalue weighted by Gasteiger charge is 2.21. The molecule has 30 heavy (non-hydrogen) atoms. The van der Waals surface area contributed by atoms with Crippen molar-refractivity contribution in [3.8, 4) is 17.0 Å². The maximum Gasteiger partial charge on any atom is 0.252 e. The minimum absolute atomic E-state index is 0.0774. The monoisotopic (exact) mass is 423 g/mol. The molecule has 0 spiro atoms. The zero-order valence-corrected chi connectivity index (χ0v) is 18.1. The summed E-state index contributed by atoms with van der Waals surface area (Å²) in [6.45, 7) is 4.56. The predicted molar refractivity (Wildman–Crippen MR) is 121 cm³/mol. The first kappa shape index (κ1) is 20.6. The highest BCUT2D eigenvalue weighted by Crippen LogP contribution is 2.28. The van der Waals surface area contributed by atoms with Crippen molar-refractivity contribution in [2.75, 3.05) is 26.7 Å². The third-order valence-corrected chi connectivity index (χ3v) is 5.77. The van der Waals surface area contributed by atoms with Crippen molar-refractivity contribution >= 4 is 28.4 Å². The number of fused-ring (bicyclic) bond motifs is 1. The number of halogens is 1. The smallest absolute Gasteiger partial charge is 0.252 e. The van der Waals surface area contributed by atoms with E-state index in [1.54, 1.807) is 6.07 Å². The van der Waals surface area contributed by atoms with Gasteiger partial charge in [-0.25, -0.2) is 4.98 Å². The van der Waals surface area contributed by atoms with E-state index < -0.39 is 0 Å². The molecule has 1 N–H and O–H groups in total. The highest BCUT2D eigenvalue weighted by atomic mass is 35.5. The van der Waals surface area contributed by atoms with E-state index in [1.807, 2.05) is 49.4 Å². The average molecular weight is 424 g/mol. The van der Waals surface area contributed by atoms with Gasteiger partial charge in [0.2, 0.25) is 0 Å². The molecule has 6 heteroatoms. The van der Waals surface area contributed by atoms with Gasteiger partial charge in [0.25, 0.3) is 5.91 Å². The van der Waals surface area contributed by atoms with E-state index >= 15 is 0 Å². The summed E-state index contributed by atoms with van der Waals surface area (Å²) in [7, 11) is 2.11. The maximum absolute atomic E-state index is 13.2. The Morgan fingerprint density at radius 1 is 1.17 bits per heavy atom. The number of carbonyl (C=O) groups is 1. The van der Waals surface area contributed by atoms with E-state index in [2.05, 4.69) is 17.3 Å². The van der Waals surface area contributed by atoms with Gasteiger partial charge in [0.1, 0.15) is 5.75 Å². The summed E-state index contributed by atoms with van der Waals surface area (Å²) >= 11 is 6.23. The molecule has 0 unspecified atom stereocenters. The number of carbonyl (C=O) groups excluding carboxylic acids is 1. The number of piperidine rings is 1. The number of hydrogen-bond acceptors (Lipinski definition) is 4. The van der Waals surface area contributed by atoms with Crippen molar-refractivity contribution in [3.05, 3.63) is 59.1 Å². The summed E-state index contributed by atoms with van der Waals surface area (Å²) < 4.78 is 5.53. The van der Waals surface area contributed by atoms with Crippen LogP contribution in [0.4, 0.5) is 0 Å². The minimum Gasteiger partial charge on any atom is -0.494 e. The van der Waals surface area contributed by atoms with Crippen LogP contribution in [0.15, 0.2) is 48.5 Å². The molecule has 2 heterocycles. The number of nitrogens with zero attached hydrogens (tertiary/aromatic N) is 2. The number of ether oxygens (including phenoxy) is 1. The molecule has 1 amide bonds. The van der Waals surface area contributed by atoms with Gasteiger partial charge in [-0.05, 0) is 88.4 Å². The van der Waals surface area contributed by atoms with Crippen LogP contribution >= 0.6 is 11.6 Å². The highest BCUT2D eigenvalue weighted by molar-refractivity contribution is 6.31. The maximum atomic E-state index is 13.2. The number of aromatic nitrogens is 1. The van der Waals surface area contributed by atoms with E-state index in [-0.39, 0.29) is 11.9 Å². The Kier molecular flexibility index (Phi) is 6.21. The first-order chi connectivity index (χ1) is 14.5. The molecule has 1 aliphatic rings. The summed E-state index contributed by atoms with van der Waals surface area (Å²) in [5.74, 6) is 0.737. The predicted octanol–water partition coefficient (Wildman–Crippen LogP) is 4.78. The summed E-state index contributed by atoms with van der Waals surface area (Å²) in [4.78, 5) is 20.3. The standard InChI is InChI=1S/C24H26ClN3O2/c1-3-30-19-7-4-16(5-8-19)23-15-21(20-14-17(25)6-9-22(20)27-23)24(29)26-18-10-12-28(2)13-11-18/h4-9,14-15,18H,3,10-13H2,1-2H3,(H,26,29). The average Bonchev–Trinajstić information content (AvgIpc) is 2.75. The van der Waals surface area contributed by atoms with Crippen molar-refractivity contribution < 1.29 is 9.53 Å². The van der Waals surface area contributed by atoms with Crippen molar-refractivity contribution in [2.24, 2.45) is 0 Å². The Morgan fingerprint density at radius 3 is 2.60 bits per heavy atom. The molecule has 3 aromatic rings. The molecule has 1 aromatic heterocycles. The Bertz CT molecular complexity index is 1040. The van der Waals surface area contributed by atoms with E-state index in [1.165, 1.54) is 0 Å². The molecule has 0 radical (unpaired) electrons. The van der Waals surface area contributed by atoms with Gasteiger partial charge in [-0.3, -0.25) is 4.79 Å². The zero-order chi connectivity index (χ0) is 21.1. The Hall–Kier alpha value is -2.63. The number of rotatable bonds is 5. The third-order valence-electron chi connectivity index (χ3n) is 5.53. The van der Waals surface area contributed by atoms with Crippen LogP contribution in [-0.2, 0) is 0 Å². The molecule has 1 fully saturated rings. The van der Waals surface area contributed by atoms with E-state index in [4.69, 9.17) is 21.3 Å². The molecule has 2 aromatic carbocycles. The summed E-state index contributed by atoms with van der Waals surface area (Å²) in [5.41, 5.74) is 3.04. The van der Waals surface area contributed by atoms with Crippen LogP contribution in [0.1, 0.15) is 30.1 Å². The lowest BCUT2D eigenvalue weighted by molar-refractivity contribution is 0.0918. The number of nitrogens with one attached hydrogen (secondary N) is 1. The lowest BCUT2D eigenvalue weighted by atomic mass is 10.0. The fraction of sp³-hybridized carbons (Fsp3) is 0.333. The second kappa shape index (κ2) is 9.02. The molecule has 0 bridgehead atoms. The van der Waals surface area contributed by atoms with Gasteiger partial charge in [-0.2, -0.15) is 0 Å². The van der Waals surface area contributed by atoms with Crippen LogP contribution in [0, 0.1) is 0 Å². The lowest BCUT2D eigenvalue weighted by Crippen LogP contribution is -2.43. The molecule has 1 saturated heterocycles. The Morgan fingerprint density at radius 2 is 1.90 bits per heavy atom. The van der Waals surface area contributed by atoms with E-state index in [9.17, 15) is 4.79 Å². The quantitative estimate of drug-likeness (QED) is 0.641. The SMILES string of the molecule is CCOc1ccc(-c2cc(C(=O)NC3CCN(C)CC3)c3cc(Cl)ccc3n2)cc1. The summed E-state index contributed by atoms with van der Waals surface area (Å²) in [6, 6.07) is 15.3. The molecule has 156 valence electrons. The fourth-order valence-electron chi connectivity index (χ4n) is 3.84. The van der Waals surface area contributed by atoms with Crippen molar-refractivity contribution in [1.82, 2.24) is 15.2 Å².